The smallest absolute Gasteiger partial charge is 0.159 e. The highest BCUT2D eigenvalue weighted by molar-refractivity contribution is 7.74. The van der Waals surface area contributed by atoms with E-state index >= 15 is 0 Å². The van der Waals surface area contributed by atoms with Gasteiger partial charge in [0, 0.05) is 6.42 Å². The summed E-state index contributed by atoms with van der Waals surface area (Å²) in [5.74, 6) is -0.170. The summed E-state index contributed by atoms with van der Waals surface area (Å²) in [5, 5.41) is 0. The average Bonchev–Trinajstić information content (AvgIpc) is 1.97. The van der Waals surface area contributed by atoms with Crippen molar-refractivity contribution in [3.63, 3.8) is 0 Å². The highest BCUT2D eigenvalue weighted by Crippen LogP contribution is 1.95. The van der Waals surface area contributed by atoms with E-state index in [0.717, 1.165) is 12.8 Å². The number of Topliss-reactive ketones (excluding diaryl/α,β-unsaturated/α-hetero) is 1. The van der Waals surface area contributed by atoms with Crippen LogP contribution in [0, 0.1) is 0 Å². The Kier molecular flexibility index (Phi) is 6.30. The van der Waals surface area contributed by atoms with E-state index < -0.39 is 11.4 Å². The molecule has 0 aromatic rings. The van der Waals surface area contributed by atoms with Gasteiger partial charge in [-0.05, 0) is 6.42 Å². The molecular weight excluding hydrogens is 168 g/mol. The van der Waals surface area contributed by atoms with Crippen molar-refractivity contribution in [1.82, 2.24) is 0 Å². The van der Waals surface area contributed by atoms with Gasteiger partial charge in [0.1, 0.15) is 6.61 Å². The van der Waals surface area contributed by atoms with E-state index in [9.17, 15) is 13.6 Å². The van der Waals surface area contributed by atoms with Gasteiger partial charge in [0.15, 0.2) is 5.78 Å². The lowest BCUT2D eigenvalue weighted by Crippen LogP contribution is -2.09. The molecule has 0 fully saturated rings. The third-order valence-corrected chi connectivity index (χ3v) is 1.44. The largest absolute Gasteiger partial charge is 0.750 e. The second-order valence-electron chi connectivity index (χ2n) is 2.11. The summed E-state index contributed by atoms with van der Waals surface area (Å²) in [4.78, 5) is 10.7. The molecule has 0 radical (unpaired) electrons. The Bertz CT molecular complexity index is 146. The molecule has 0 saturated heterocycles. The van der Waals surface area contributed by atoms with E-state index in [1.165, 1.54) is 0 Å². The lowest BCUT2D eigenvalue weighted by atomic mass is 10.2. The van der Waals surface area contributed by atoms with Crippen molar-refractivity contribution in [1.29, 1.82) is 0 Å². The summed E-state index contributed by atoms with van der Waals surface area (Å²) in [6.07, 6.45) is 2.10. The van der Waals surface area contributed by atoms with E-state index in [0.29, 0.717) is 6.42 Å². The third kappa shape index (κ3) is 7.64. The van der Waals surface area contributed by atoms with Crippen molar-refractivity contribution in [2.75, 3.05) is 6.61 Å². The van der Waals surface area contributed by atoms with Crippen LogP contribution in [0.5, 0.6) is 0 Å². The van der Waals surface area contributed by atoms with Crippen molar-refractivity contribution in [3.05, 3.63) is 0 Å². The maximum Gasteiger partial charge on any atom is 0.159 e. The Morgan fingerprint density at radius 3 is 2.73 bits per heavy atom. The zero-order valence-electron chi connectivity index (χ0n) is 6.37. The van der Waals surface area contributed by atoms with Crippen LogP contribution in [0.25, 0.3) is 0 Å². The summed E-state index contributed by atoms with van der Waals surface area (Å²) in [6, 6.07) is 0. The molecule has 0 heterocycles. The van der Waals surface area contributed by atoms with E-state index in [2.05, 4.69) is 4.18 Å². The van der Waals surface area contributed by atoms with Gasteiger partial charge in [-0.1, -0.05) is 13.3 Å². The summed E-state index contributed by atoms with van der Waals surface area (Å²) in [6.45, 7) is 1.63. The van der Waals surface area contributed by atoms with Crippen LogP contribution < -0.4 is 0 Å². The zero-order chi connectivity index (χ0) is 8.69. The molecule has 0 amide bonds. The van der Waals surface area contributed by atoms with Crippen LogP contribution >= 0.6 is 0 Å². The normalized spacial score (nSPS) is 12.9. The second-order valence-corrected chi connectivity index (χ2v) is 2.75. The minimum atomic E-state index is -2.56. The molecule has 0 bridgehead atoms. The van der Waals surface area contributed by atoms with Crippen LogP contribution in [0.2, 0.25) is 0 Å². The maximum atomic E-state index is 10.7. The first-order valence-corrected chi connectivity index (χ1v) is 4.41. The Morgan fingerprint density at radius 1 is 1.64 bits per heavy atom. The predicted molar refractivity (Wildman–Crippen MR) is 39.4 cm³/mol. The molecule has 0 aromatic carbocycles. The molecule has 66 valence electrons. The highest BCUT2D eigenvalue weighted by atomic mass is 32.2. The van der Waals surface area contributed by atoms with Gasteiger partial charge in [-0.25, -0.2) is 4.21 Å². The molecule has 0 N–H and O–H groups in total. The topological polar surface area (TPSA) is 66.4 Å². The number of carbonyl (C=O) groups is 1. The Morgan fingerprint density at radius 2 is 2.27 bits per heavy atom. The lowest BCUT2D eigenvalue weighted by molar-refractivity contribution is -0.121. The Hall–Kier alpha value is -0.260. The van der Waals surface area contributed by atoms with E-state index in [-0.39, 0.29) is 12.4 Å². The molecule has 0 spiro atoms. The lowest BCUT2D eigenvalue weighted by Gasteiger charge is -2.03. The molecule has 0 aliphatic carbocycles. The number of unbranched alkanes of at least 4 members (excludes halogenated alkanes) is 1. The number of carbonyl (C=O) groups excluding carboxylic acids is 1. The average molecular weight is 179 g/mol. The van der Waals surface area contributed by atoms with Gasteiger partial charge in [0.05, 0.1) is 11.4 Å². The number of hydrogen-bond donors (Lipinski definition) is 0. The van der Waals surface area contributed by atoms with Crippen molar-refractivity contribution in [2.24, 2.45) is 0 Å². The van der Waals surface area contributed by atoms with Crippen molar-refractivity contribution in [2.45, 2.75) is 26.2 Å². The first kappa shape index (κ1) is 10.7. The molecular formula is C6H11O4S-. The van der Waals surface area contributed by atoms with Crippen LogP contribution in [0.1, 0.15) is 26.2 Å². The number of ketones is 1. The SMILES string of the molecule is CCCCC(=O)COS(=O)[O-]. The summed E-state index contributed by atoms with van der Waals surface area (Å²) in [5.41, 5.74) is 0. The standard InChI is InChI=1S/C6H12O4S/c1-2-3-4-6(7)5-10-11(8)9/h2-5H2,1H3,(H,8,9)/p-1. The molecule has 0 aromatic heterocycles. The Labute approximate surface area is 68.4 Å². The van der Waals surface area contributed by atoms with Gasteiger partial charge < -0.3 is 4.55 Å². The van der Waals surface area contributed by atoms with Crippen LogP contribution in [0.4, 0.5) is 0 Å². The fraction of sp³-hybridized carbons (Fsp3) is 0.833. The van der Waals surface area contributed by atoms with Crippen LogP contribution in [0.3, 0.4) is 0 Å². The summed E-state index contributed by atoms with van der Waals surface area (Å²) >= 11 is -2.56. The van der Waals surface area contributed by atoms with Gasteiger partial charge in [-0.15, -0.1) is 0 Å². The number of rotatable bonds is 6. The Balaban J connectivity index is 3.30. The molecule has 11 heavy (non-hydrogen) atoms. The van der Waals surface area contributed by atoms with Crippen LogP contribution in [-0.4, -0.2) is 21.2 Å². The quantitative estimate of drug-likeness (QED) is 0.559. The summed E-state index contributed by atoms with van der Waals surface area (Å²) < 4.78 is 23.7. The fourth-order valence-corrected chi connectivity index (χ4v) is 0.788. The monoisotopic (exact) mass is 179 g/mol. The molecule has 0 saturated carbocycles. The molecule has 4 nitrogen and oxygen atoms in total. The minimum absolute atomic E-state index is 0.170. The molecule has 0 aliphatic heterocycles. The first-order valence-electron chi connectivity index (χ1n) is 3.41. The van der Waals surface area contributed by atoms with Crippen molar-refractivity contribution >= 4 is 17.1 Å². The van der Waals surface area contributed by atoms with Gasteiger partial charge in [-0.3, -0.25) is 8.98 Å². The van der Waals surface area contributed by atoms with Gasteiger partial charge in [0.2, 0.25) is 0 Å². The number of hydrogen-bond acceptors (Lipinski definition) is 4. The predicted octanol–water partition coefficient (Wildman–Crippen LogP) is 0.556. The molecule has 1 atom stereocenters. The van der Waals surface area contributed by atoms with Crippen LogP contribution in [-0.2, 0) is 20.3 Å². The van der Waals surface area contributed by atoms with Crippen molar-refractivity contribution < 1.29 is 17.7 Å². The highest BCUT2D eigenvalue weighted by Gasteiger charge is 2.00. The van der Waals surface area contributed by atoms with E-state index in [1.807, 2.05) is 6.92 Å². The summed E-state index contributed by atoms with van der Waals surface area (Å²) in [7, 11) is 0. The zero-order valence-corrected chi connectivity index (χ0v) is 7.19. The minimum Gasteiger partial charge on any atom is -0.750 e. The van der Waals surface area contributed by atoms with Gasteiger partial charge in [-0.2, -0.15) is 0 Å². The molecule has 0 aliphatic rings. The second kappa shape index (κ2) is 6.45. The molecule has 0 rings (SSSR count). The van der Waals surface area contributed by atoms with Crippen molar-refractivity contribution in [3.8, 4) is 0 Å². The van der Waals surface area contributed by atoms with E-state index in [1.54, 1.807) is 0 Å². The first-order chi connectivity index (χ1) is 5.16. The van der Waals surface area contributed by atoms with Crippen LogP contribution in [0.15, 0.2) is 0 Å². The molecule has 1 unspecified atom stereocenters. The third-order valence-electron chi connectivity index (χ3n) is 1.13. The van der Waals surface area contributed by atoms with Gasteiger partial charge in [0.25, 0.3) is 0 Å². The fourth-order valence-electron chi connectivity index (χ4n) is 0.560. The maximum absolute atomic E-state index is 10.7. The van der Waals surface area contributed by atoms with E-state index in [4.69, 9.17) is 0 Å². The molecule has 5 heteroatoms. The van der Waals surface area contributed by atoms with Gasteiger partial charge >= 0.3 is 0 Å².